The van der Waals surface area contributed by atoms with E-state index in [-0.39, 0.29) is 18.4 Å². The van der Waals surface area contributed by atoms with Crippen molar-refractivity contribution in [1.29, 1.82) is 0 Å². The van der Waals surface area contributed by atoms with Gasteiger partial charge < -0.3 is 14.7 Å². The van der Waals surface area contributed by atoms with Gasteiger partial charge in [0.1, 0.15) is 6.54 Å². The molecular weight excluding hydrogens is 326 g/mol. The Morgan fingerprint density at radius 3 is 1.96 bits per heavy atom. The average molecular weight is 362 g/mol. The second-order valence-electron chi connectivity index (χ2n) is 6.63. The van der Waals surface area contributed by atoms with Crippen LogP contribution < -0.4 is 9.80 Å². The quantitative estimate of drug-likeness (QED) is 0.636. The minimum atomic E-state index is -0.106. The summed E-state index contributed by atoms with van der Waals surface area (Å²) in [5.41, 5.74) is 2.97. The monoisotopic (exact) mass is 361 g/mol. The smallest absolute Gasteiger partial charge is 0.242 e. The number of anilines is 2. The highest BCUT2D eigenvalue weighted by Gasteiger charge is 2.21. The van der Waals surface area contributed by atoms with Crippen molar-refractivity contribution in [1.82, 2.24) is 4.90 Å². The molecule has 5 heteroatoms. The molecule has 5 nitrogen and oxygen atoms in total. The molecule has 0 N–H and O–H groups in total. The van der Waals surface area contributed by atoms with E-state index in [9.17, 15) is 9.59 Å². The molecule has 0 aliphatic rings. The Morgan fingerprint density at radius 2 is 1.54 bits per heavy atom. The van der Waals surface area contributed by atoms with E-state index in [4.69, 9.17) is 0 Å². The van der Waals surface area contributed by atoms with E-state index in [1.54, 1.807) is 4.90 Å². The first-order chi connectivity index (χ1) is 12.4. The van der Waals surface area contributed by atoms with Crippen LogP contribution in [0.3, 0.4) is 0 Å². The topological polar surface area (TPSA) is 43.9 Å². The van der Waals surface area contributed by atoms with Crippen LogP contribution >= 0.6 is 0 Å². The maximum atomic E-state index is 12.7. The third-order valence-corrected chi connectivity index (χ3v) is 4.61. The molecule has 0 aromatic heterocycles. The Kier molecular flexibility index (Phi) is 9.17. The summed E-state index contributed by atoms with van der Waals surface area (Å²) >= 11 is 0. The fraction of sp³-hybridized carbons (Fsp3) is 0.619. The fourth-order valence-electron chi connectivity index (χ4n) is 3.23. The van der Waals surface area contributed by atoms with Crippen molar-refractivity contribution in [3.63, 3.8) is 0 Å². The number of benzene rings is 1. The maximum absolute atomic E-state index is 12.7. The van der Waals surface area contributed by atoms with E-state index >= 15 is 0 Å². The molecule has 0 heterocycles. The van der Waals surface area contributed by atoms with Crippen molar-refractivity contribution in [3.8, 4) is 0 Å². The Bertz CT molecular complexity index is 591. The number of nitrogens with zero attached hydrogens (tertiary/aromatic N) is 3. The predicted octanol–water partition coefficient (Wildman–Crippen LogP) is 3.84. The van der Waals surface area contributed by atoms with Gasteiger partial charge >= 0.3 is 0 Å². The van der Waals surface area contributed by atoms with Crippen LogP contribution in [0.25, 0.3) is 0 Å². The van der Waals surface area contributed by atoms with E-state index in [1.165, 1.54) is 6.92 Å². The van der Waals surface area contributed by atoms with Crippen molar-refractivity contribution < 1.29 is 9.59 Å². The van der Waals surface area contributed by atoms with E-state index in [2.05, 4.69) is 38.7 Å². The van der Waals surface area contributed by atoms with Crippen LogP contribution in [0, 0.1) is 6.92 Å². The van der Waals surface area contributed by atoms with Gasteiger partial charge in [-0.2, -0.15) is 0 Å². The largest absolute Gasteiger partial charge is 0.372 e. The first kappa shape index (κ1) is 22.0. The average Bonchev–Trinajstić information content (AvgIpc) is 2.60. The Morgan fingerprint density at radius 1 is 0.962 bits per heavy atom. The lowest BCUT2D eigenvalue weighted by atomic mass is 10.1. The Balaban J connectivity index is 3.06. The van der Waals surface area contributed by atoms with Crippen molar-refractivity contribution in [3.05, 3.63) is 23.8 Å². The molecule has 0 saturated carbocycles. The highest BCUT2D eigenvalue weighted by Crippen LogP contribution is 2.26. The van der Waals surface area contributed by atoms with Crippen molar-refractivity contribution in [2.45, 2.75) is 54.4 Å². The van der Waals surface area contributed by atoms with Crippen molar-refractivity contribution in [2.24, 2.45) is 0 Å². The van der Waals surface area contributed by atoms with Crippen LogP contribution in [0.2, 0.25) is 0 Å². The lowest BCUT2D eigenvalue weighted by Gasteiger charge is -2.28. The lowest BCUT2D eigenvalue weighted by molar-refractivity contribution is -0.131. The number of aryl methyl sites for hydroxylation is 1. The molecule has 0 radical (unpaired) electrons. The van der Waals surface area contributed by atoms with Crippen LogP contribution in [0.5, 0.6) is 0 Å². The number of carbonyl (C=O) groups is 2. The molecule has 2 amide bonds. The third kappa shape index (κ3) is 5.75. The van der Waals surface area contributed by atoms with Crippen LogP contribution in [0.1, 0.15) is 53.0 Å². The fourth-order valence-corrected chi connectivity index (χ4v) is 3.23. The summed E-state index contributed by atoms with van der Waals surface area (Å²) < 4.78 is 0. The standard InChI is InChI=1S/C21H35N3O2/c1-7-13-23(14-8-2)21(26)16-24(18(6)25)20-12-11-19(15-17(20)5)22(9-3)10-4/h11-12,15H,7-10,13-14,16H2,1-6H3. The summed E-state index contributed by atoms with van der Waals surface area (Å²) in [6.45, 7) is 15.3. The van der Waals surface area contributed by atoms with E-state index in [0.717, 1.165) is 56.0 Å². The van der Waals surface area contributed by atoms with Gasteiger partial charge in [0.25, 0.3) is 0 Å². The maximum Gasteiger partial charge on any atom is 0.242 e. The van der Waals surface area contributed by atoms with Crippen LogP contribution in [0.15, 0.2) is 18.2 Å². The number of hydrogen-bond acceptors (Lipinski definition) is 3. The first-order valence-electron chi connectivity index (χ1n) is 9.80. The zero-order valence-electron chi connectivity index (χ0n) is 17.3. The minimum absolute atomic E-state index is 0.0103. The molecule has 1 aromatic carbocycles. The molecule has 0 atom stereocenters. The van der Waals surface area contributed by atoms with Gasteiger partial charge in [-0.05, 0) is 57.4 Å². The zero-order chi connectivity index (χ0) is 19.7. The zero-order valence-corrected chi connectivity index (χ0v) is 17.3. The molecule has 0 unspecified atom stereocenters. The summed E-state index contributed by atoms with van der Waals surface area (Å²) in [4.78, 5) is 30.7. The third-order valence-electron chi connectivity index (χ3n) is 4.61. The summed E-state index contributed by atoms with van der Waals surface area (Å²) in [5.74, 6) is -0.0962. The van der Waals surface area contributed by atoms with Gasteiger partial charge in [0.2, 0.25) is 11.8 Å². The normalized spacial score (nSPS) is 10.5. The summed E-state index contributed by atoms with van der Waals surface area (Å²) in [6.07, 6.45) is 1.84. The van der Waals surface area contributed by atoms with Crippen LogP contribution in [0.4, 0.5) is 11.4 Å². The van der Waals surface area contributed by atoms with Crippen LogP contribution in [-0.4, -0.2) is 49.4 Å². The Labute approximate surface area is 159 Å². The molecule has 0 spiro atoms. The summed E-state index contributed by atoms with van der Waals surface area (Å²) in [6, 6.07) is 6.09. The van der Waals surface area contributed by atoms with Gasteiger partial charge in [0.05, 0.1) is 0 Å². The molecule has 1 aromatic rings. The minimum Gasteiger partial charge on any atom is -0.372 e. The molecule has 1 rings (SSSR count). The van der Waals surface area contributed by atoms with E-state index in [1.807, 2.05) is 24.0 Å². The molecular formula is C21H35N3O2. The number of hydrogen-bond donors (Lipinski definition) is 0. The van der Waals surface area contributed by atoms with Gasteiger partial charge in [-0.3, -0.25) is 9.59 Å². The second-order valence-corrected chi connectivity index (χ2v) is 6.63. The van der Waals surface area contributed by atoms with Gasteiger partial charge in [-0.25, -0.2) is 0 Å². The SMILES string of the molecule is CCCN(CCC)C(=O)CN(C(C)=O)c1ccc(N(CC)CC)cc1C. The number of amides is 2. The lowest BCUT2D eigenvalue weighted by Crippen LogP contribution is -2.43. The molecule has 0 bridgehead atoms. The molecule has 0 aliphatic heterocycles. The van der Waals surface area contributed by atoms with Crippen LogP contribution in [-0.2, 0) is 9.59 Å². The van der Waals surface area contributed by atoms with E-state index < -0.39 is 0 Å². The highest BCUT2D eigenvalue weighted by atomic mass is 16.2. The van der Waals surface area contributed by atoms with Gasteiger partial charge in [-0.1, -0.05) is 13.8 Å². The van der Waals surface area contributed by atoms with Gasteiger partial charge in [0.15, 0.2) is 0 Å². The number of rotatable bonds is 10. The summed E-state index contributed by atoms with van der Waals surface area (Å²) in [5, 5.41) is 0. The van der Waals surface area contributed by atoms with Crippen molar-refractivity contribution in [2.75, 3.05) is 42.5 Å². The molecule has 0 fully saturated rings. The molecule has 26 heavy (non-hydrogen) atoms. The van der Waals surface area contributed by atoms with Gasteiger partial charge in [-0.15, -0.1) is 0 Å². The predicted molar refractivity (Wildman–Crippen MR) is 110 cm³/mol. The molecule has 0 aliphatic carbocycles. The highest BCUT2D eigenvalue weighted by molar-refractivity contribution is 5.98. The summed E-state index contributed by atoms with van der Waals surface area (Å²) in [7, 11) is 0. The second kappa shape index (κ2) is 10.8. The van der Waals surface area contributed by atoms with Crippen molar-refractivity contribution >= 4 is 23.2 Å². The first-order valence-corrected chi connectivity index (χ1v) is 9.80. The van der Waals surface area contributed by atoms with E-state index in [0.29, 0.717) is 0 Å². The molecule has 0 saturated heterocycles. The Hall–Kier alpha value is -2.04. The number of carbonyl (C=O) groups excluding carboxylic acids is 2. The van der Waals surface area contributed by atoms with Gasteiger partial charge in [0, 0.05) is 44.5 Å². The molecule has 146 valence electrons.